The minimum absolute atomic E-state index is 0.784. The molecule has 76 valence electrons. The van der Waals surface area contributed by atoms with Crippen molar-refractivity contribution in [2.45, 2.75) is 19.8 Å². The lowest BCUT2D eigenvalue weighted by Gasteiger charge is -2.04. The summed E-state index contributed by atoms with van der Waals surface area (Å²) in [6, 6.07) is 7.82. The van der Waals surface area contributed by atoms with Crippen LogP contribution >= 0.6 is 5.47 Å². The number of unbranched alkanes of at least 4 members (excludes halogenated alkanes) is 1. The van der Waals surface area contributed by atoms with Crippen molar-refractivity contribution in [3.63, 3.8) is 0 Å². The first kappa shape index (κ1) is 11.8. The second kappa shape index (κ2) is 6.28. The molecule has 1 aromatic carbocycles. The molecular weight excluding hydrogens is 231 g/mol. The number of ether oxygens (including phenoxy) is 1. The van der Waals surface area contributed by atoms with Crippen molar-refractivity contribution < 1.29 is 4.74 Å². The van der Waals surface area contributed by atoms with Crippen LogP contribution in [-0.2, 0) is 23.6 Å². The summed E-state index contributed by atoms with van der Waals surface area (Å²) >= 11 is 10.1. The second-order valence-corrected chi connectivity index (χ2v) is 6.87. The Morgan fingerprint density at radius 3 is 2.36 bits per heavy atom. The minimum atomic E-state index is -0.813. The molecule has 0 amide bonds. The van der Waals surface area contributed by atoms with Crippen LogP contribution in [0.15, 0.2) is 24.3 Å². The molecule has 0 spiro atoms. The summed E-state index contributed by atoms with van der Waals surface area (Å²) in [7, 11) is 0. The van der Waals surface area contributed by atoms with Crippen molar-refractivity contribution in [2.75, 3.05) is 6.61 Å². The summed E-state index contributed by atoms with van der Waals surface area (Å²) in [5.41, 5.74) is -0.813. The summed E-state index contributed by atoms with van der Waals surface area (Å²) in [6.45, 7) is 2.93. The summed E-state index contributed by atoms with van der Waals surface area (Å²) in [5.74, 6) is 0.907. The van der Waals surface area contributed by atoms with Gasteiger partial charge in [-0.25, -0.2) is 0 Å². The Labute approximate surface area is 95.6 Å². The Morgan fingerprint density at radius 1 is 1.21 bits per heavy atom. The molecule has 0 saturated heterocycles. The lowest BCUT2D eigenvalue weighted by atomic mass is 10.3. The van der Waals surface area contributed by atoms with Gasteiger partial charge in [0.1, 0.15) is 5.75 Å². The van der Waals surface area contributed by atoms with Crippen molar-refractivity contribution in [3.8, 4) is 5.75 Å². The Bertz CT molecular complexity index is 336. The molecule has 0 saturated carbocycles. The standard InChI is InChI=1S/C10H13OPS2/c1-2-3-8-11-9-4-6-10(7-5-9)12(13)14/h4-7H,2-3,8H2,1H3. The number of hydrogen-bond donors (Lipinski definition) is 0. The minimum Gasteiger partial charge on any atom is -0.494 e. The number of rotatable bonds is 5. The van der Waals surface area contributed by atoms with E-state index in [2.05, 4.69) is 6.92 Å². The third kappa shape index (κ3) is 3.87. The average molecular weight is 244 g/mol. The van der Waals surface area contributed by atoms with Gasteiger partial charge in [-0.15, -0.1) is 0 Å². The first-order valence-corrected chi connectivity index (χ1v) is 7.98. The van der Waals surface area contributed by atoms with Gasteiger partial charge in [0.05, 0.1) is 6.61 Å². The van der Waals surface area contributed by atoms with Crippen molar-refractivity contribution in [2.24, 2.45) is 0 Å². The van der Waals surface area contributed by atoms with E-state index >= 15 is 0 Å². The fourth-order valence-electron chi connectivity index (χ4n) is 0.998. The fourth-order valence-corrected chi connectivity index (χ4v) is 2.12. The topological polar surface area (TPSA) is 9.23 Å². The van der Waals surface area contributed by atoms with E-state index in [1.54, 1.807) is 0 Å². The zero-order chi connectivity index (χ0) is 10.4. The van der Waals surface area contributed by atoms with E-state index in [4.69, 9.17) is 28.4 Å². The van der Waals surface area contributed by atoms with E-state index in [1.165, 1.54) is 0 Å². The predicted octanol–water partition coefficient (Wildman–Crippen LogP) is 2.90. The molecule has 1 rings (SSSR count). The SMILES string of the molecule is CCCCOc1ccc(P(=S)=S)cc1. The van der Waals surface area contributed by atoms with Crippen LogP contribution < -0.4 is 10.0 Å². The fraction of sp³-hybridized carbons (Fsp3) is 0.400. The van der Waals surface area contributed by atoms with E-state index in [9.17, 15) is 0 Å². The molecule has 0 bridgehead atoms. The molecule has 14 heavy (non-hydrogen) atoms. The molecule has 4 heteroatoms. The molecule has 0 unspecified atom stereocenters. The molecule has 1 nitrogen and oxygen atoms in total. The van der Waals surface area contributed by atoms with Crippen LogP contribution in [0, 0.1) is 0 Å². The molecule has 1 aromatic rings. The summed E-state index contributed by atoms with van der Waals surface area (Å²) in [6.07, 6.45) is 2.25. The van der Waals surface area contributed by atoms with Crippen LogP contribution in [0.1, 0.15) is 19.8 Å². The maximum absolute atomic E-state index is 5.52. The molecule has 0 radical (unpaired) electrons. The lowest BCUT2D eigenvalue weighted by molar-refractivity contribution is 0.309. The van der Waals surface area contributed by atoms with E-state index < -0.39 is 5.47 Å². The highest BCUT2D eigenvalue weighted by Gasteiger charge is 1.94. The van der Waals surface area contributed by atoms with Crippen LogP contribution in [0.4, 0.5) is 0 Å². The molecule has 0 aliphatic rings. The molecule has 0 N–H and O–H groups in total. The number of hydrogen-bond acceptors (Lipinski definition) is 3. The van der Waals surface area contributed by atoms with Crippen LogP contribution in [0.2, 0.25) is 0 Å². The molecular formula is C10H13OPS2. The van der Waals surface area contributed by atoms with Crippen LogP contribution in [0.25, 0.3) is 0 Å². The van der Waals surface area contributed by atoms with Crippen LogP contribution in [0.5, 0.6) is 5.75 Å². The average Bonchev–Trinajstić information content (AvgIpc) is 2.19. The quantitative estimate of drug-likeness (QED) is 0.582. The van der Waals surface area contributed by atoms with Gasteiger partial charge < -0.3 is 4.74 Å². The normalized spacial score (nSPS) is 9.79. The van der Waals surface area contributed by atoms with Crippen molar-refractivity contribution in [1.82, 2.24) is 0 Å². The van der Waals surface area contributed by atoms with Gasteiger partial charge in [0.25, 0.3) is 0 Å². The largest absolute Gasteiger partial charge is 0.494 e. The van der Waals surface area contributed by atoms with Crippen molar-refractivity contribution in [3.05, 3.63) is 24.3 Å². The molecule has 0 aliphatic carbocycles. The van der Waals surface area contributed by atoms with Gasteiger partial charge in [0.15, 0.2) is 0 Å². The second-order valence-electron chi connectivity index (χ2n) is 2.95. The molecule has 0 aromatic heterocycles. The molecule has 0 fully saturated rings. The van der Waals surface area contributed by atoms with Crippen molar-refractivity contribution in [1.29, 1.82) is 0 Å². The van der Waals surface area contributed by atoms with Gasteiger partial charge in [0.2, 0.25) is 0 Å². The van der Waals surface area contributed by atoms with E-state index in [-0.39, 0.29) is 0 Å². The zero-order valence-corrected chi connectivity index (χ0v) is 10.6. The Morgan fingerprint density at radius 2 is 1.86 bits per heavy atom. The van der Waals surface area contributed by atoms with Crippen LogP contribution in [-0.4, -0.2) is 6.61 Å². The Hall–Kier alpha value is -0.240. The van der Waals surface area contributed by atoms with E-state index in [1.807, 2.05) is 24.3 Å². The van der Waals surface area contributed by atoms with E-state index in [0.717, 1.165) is 30.5 Å². The van der Waals surface area contributed by atoms with Gasteiger partial charge in [-0.3, -0.25) is 0 Å². The monoisotopic (exact) mass is 244 g/mol. The van der Waals surface area contributed by atoms with Gasteiger partial charge in [0, 0.05) is 10.8 Å². The third-order valence-corrected chi connectivity index (χ3v) is 3.80. The van der Waals surface area contributed by atoms with Crippen LogP contribution in [0.3, 0.4) is 0 Å². The predicted molar refractivity (Wildman–Crippen MR) is 68.1 cm³/mol. The third-order valence-electron chi connectivity index (χ3n) is 1.81. The molecule has 0 heterocycles. The zero-order valence-electron chi connectivity index (χ0n) is 8.10. The molecule has 0 atom stereocenters. The smallest absolute Gasteiger partial charge is 0.119 e. The molecule has 0 aliphatic heterocycles. The first-order chi connectivity index (χ1) is 6.74. The van der Waals surface area contributed by atoms with Crippen molar-refractivity contribution >= 4 is 34.4 Å². The van der Waals surface area contributed by atoms with Gasteiger partial charge in [-0.1, -0.05) is 13.3 Å². The Balaban J connectivity index is 2.55. The first-order valence-electron chi connectivity index (χ1n) is 4.61. The highest BCUT2D eigenvalue weighted by Crippen LogP contribution is 2.12. The highest BCUT2D eigenvalue weighted by molar-refractivity contribution is 8.27. The van der Waals surface area contributed by atoms with Gasteiger partial charge in [-0.2, -0.15) is 0 Å². The Kier molecular flexibility index (Phi) is 5.31. The number of benzene rings is 1. The van der Waals surface area contributed by atoms with Gasteiger partial charge in [-0.05, 0) is 54.3 Å². The summed E-state index contributed by atoms with van der Waals surface area (Å²) in [5, 5.41) is 1.06. The summed E-state index contributed by atoms with van der Waals surface area (Å²) < 4.78 is 5.52. The summed E-state index contributed by atoms with van der Waals surface area (Å²) in [4.78, 5) is 0. The highest BCUT2D eigenvalue weighted by atomic mass is 32.7. The maximum Gasteiger partial charge on any atom is 0.119 e. The van der Waals surface area contributed by atoms with E-state index in [0.29, 0.717) is 0 Å². The lowest BCUT2D eigenvalue weighted by Crippen LogP contribution is -1.98. The maximum atomic E-state index is 5.52. The van der Waals surface area contributed by atoms with Gasteiger partial charge >= 0.3 is 0 Å².